The fourth-order valence-electron chi connectivity index (χ4n) is 8.59. The molecule has 0 fully saturated rings. The summed E-state index contributed by atoms with van der Waals surface area (Å²) in [6, 6.07) is 34.5. The van der Waals surface area contributed by atoms with Gasteiger partial charge < -0.3 is 9.47 Å². The van der Waals surface area contributed by atoms with Gasteiger partial charge in [-0.2, -0.15) is 0 Å². The van der Waals surface area contributed by atoms with E-state index in [1.807, 2.05) is 0 Å². The SMILES string of the molecule is CC1(C)CC2(CC(C)(C)c3cccc(C4=N[C@@H](c5ccccc5)CO4)c32)c2c(C3=N[C@@H](c4ccccc4)CO3)cccc21. The van der Waals surface area contributed by atoms with Crippen LogP contribution >= 0.6 is 0 Å². The second-order valence-electron chi connectivity index (χ2n) is 14.0. The van der Waals surface area contributed by atoms with Crippen LogP contribution in [0.15, 0.2) is 107 Å². The van der Waals surface area contributed by atoms with Crippen LogP contribution < -0.4 is 0 Å². The Morgan fingerprint density at radius 3 is 1.37 bits per heavy atom. The Labute approximate surface area is 254 Å². The quantitative estimate of drug-likeness (QED) is 0.249. The molecule has 0 saturated carbocycles. The van der Waals surface area contributed by atoms with E-state index in [1.165, 1.54) is 33.4 Å². The van der Waals surface area contributed by atoms with E-state index in [4.69, 9.17) is 19.5 Å². The van der Waals surface area contributed by atoms with Gasteiger partial charge in [0.15, 0.2) is 0 Å². The lowest BCUT2D eigenvalue weighted by molar-refractivity contribution is 0.316. The van der Waals surface area contributed by atoms with E-state index in [9.17, 15) is 0 Å². The summed E-state index contributed by atoms with van der Waals surface area (Å²) in [4.78, 5) is 10.4. The number of rotatable bonds is 4. The van der Waals surface area contributed by atoms with Gasteiger partial charge in [0, 0.05) is 16.5 Å². The van der Waals surface area contributed by atoms with E-state index in [0.29, 0.717) is 13.2 Å². The summed E-state index contributed by atoms with van der Waals surface area (Å²) in [6.07, 6.45) is 2.04. The Bertz CT molecular complexity index is 1650. The predicted molar refractivity (Wildman–Crippen MR) is 172 cm³/mol. The molecule has 0 amide bonds. The van der Waals surface area contributed by atoms with E-state index in [-0.39, 0.29) is 28.3 Å². The van der Waals surface area contributed by atoms with Gasteiger partial charge >= 0.3 is 0 Å². The lowest BCUT2D eigenvalue weighted by atomic mass is 9.70. The third-order valence-corrected chi connectivity index (χ3v) is 10.2. The maximum atomic E-state index is 6.44. The lowest BCUT2D eigenvalue weighted by Gasteiger charge is -2.32. The van der Waals surface area contributed by atoms with Crippen LogP contribution in [-0.2, 0) is 25.7 Å². The van der Waals surface area contributed by atoms with Crippen molar-refractivity contribution < 1.29 is 9.47 Å². The first-order valence-electron chi connectivity index (χ1n) is 15.6. The number of ether oxygens (including phenoxy) is 2. The summed E-state index contributed by atoms with van der Waals surface area (Å²) in [7, 11) is 0. The number of hydrogen-bond donors (Lipinski definition) is 0. The molecule has 4 aromatic carbocycles. The number of fused-ring (bicyclic) bond motifs is 4. The number of nitrogens with zero attached hydrogens (tertiary/aromatic N) is 2. The highest BCUT2D eigenvalue weighted by Crippen LogP contribution is 2.64. The molecule has 0 radical (unpaired) electrons. The molecule has 4 aromatic rings. The van der Waals surface area contributed by atoms with E-state index >= 15 is 0 Å². The van der Waals surface area contributed by atoms with Crippen LogP contribution in [0.1, 0.15) is 97.1 Å². The minimum atomic E-state index is -0.210. The largest absolute Gasteiger partial charge is 0.475 e. The van der Waals surface area contributed by atoms with Crippen molar-refractivity contribution in [3.8, 4) is 0 Å². The minimum Gasteiger partial charge on any atom is -0.475 e. The summed E-state index contributed by atoms with van der Waals surface area (Å²) < 4.78 is 12.9. The van der Waals surface area contributed by atoms with Crippen molar-refractivity contribution in [3.05, 3.63) is 142 Å². The lowest BCUT2D eigenvalue weighted by Crippen LogP contribution is -2.30. The highest BCUT2D eigenvalue weighted by atomic mass is 16.5. The van der Waals surface area contributed by atoms with Gasteiger partial charge in [0.25, 0.3) is 0 Å². The second-order valence-corrected chi connectivity index (χ2v) is 14.0. The summed E-state index contributed by atoms with van der Waals surface area (Å²) in [6.45, 7) is 10.7. The molecule has 2 aliphatic heterocycles. The first-order chi connectivity index (χ1) is 20.8. The van der Waals surface area contributed by atoms with Gasteiger partial charge in [-0.05, 0) is 69.2 Å². The van der Waals surface area contributed by atoms with E-state index in [1.54, 1.807) is 0 Å². The van der Waals surface area contributed by atoms with Crippen molar-refractivity contribution >= 4 is 11.8 Å². The fourth-order valence-corrected chi connectivity index (χ4v) is 8.59. The molecule has 1 spiro atoms. The third kappa shape index (κ3) is 4.02. The molecular weight excluding hydrogens is 528 g/mol. The Kier molecular flexibility index (Phi) is 5.79. The molecule has 4 nitrogen and oxygen atoms in total. The first kappa shape index (κ1) is 26.4. The Morgan fingerprint density at radius 1 is 0.535 bits per heavy atom. The van der Waals surface area contributed by atoms with Crippen molar-refractivity contribution in [2.24, 2.45) is 9.98 Å². The summed E-state index contributed by atoms with van der Waals surface area (Å²) in [5.41, 5.74) is 9.97. The smallest absolute Gasteiger partial charge is 0.217 e. The van der Waals surface area contributed by atoms with Gasteiger partial charge in [-0.1, -0.05) is 113 Å². The fraction of sp³-hybridized carbons (Fsp3) is 0.333. The minimum absolute atomic E-state index is 0.0106. The third-order valence-electron chi connectivity index (χ3n) is 10.2. The van der Waals surface area contributed by atoms with Crippen molar-refractivity contribution in [3.63, 3.8) is 0 Å². The van der Waals surface area contributed by atoms with Crippen molar-refractivity contribution in [2.75, 3.05) is 13.2 Å². The molecule has 2 aliphatic carbocycles. The molecule has 43 heavy (non-hydrogen) atoms. The average molecular weight is 567 g/mol. The molecule has 0 N–H and O–H groups in total. The maximum absolute atomic E-state index is 6.44. The van der Waals surface area contributed by atoms with Crippen LogP contribution in [0.5, 0.6) is 0 Å². The normalized spacial score (nSPS) is 23.7. The molecular formula is C39H38N2O2. The van der Waals surface area contributed by atoms with Crippen LogP contribution in [0.3, 0.4) is 0 Å². The molecule has 2 heterocycles. The van der Waals surface area contributed by atoms with E-state index in [0.717, 1.165) is 35.8 Å². The van der Waals surface area contributed by atoms with E-state index < -0.39 is 0 Å². The Hall–Kier alpha value is -4.18. The van der Waals surface area contributed by atoms with Crippen molar-refractivity contribution in [1.82, 2.24) is 0 Å². The molecule has 2 atom stereocenters. The monoisotopic (exact) mass is 566 g/mol. The van der Waals surface area contributed by atoms with Crippen LogP contribution in [0, 0.1) is 0 Å². The average Bonchev–Trinajstić information content (AvgIpc) is 3.79. The van der Waals surface area contributed by atoms with Gasteiger partial charge in [0.2, 0.25) is 11.8 Å². The number of benzene rings is 4. The van der Waals surface area contributed by atoms with Gasteiger partial charge in [-0.15, -0.1) is 0 Å². The van der Waals surface area contributed by atoms with Crippen molar-refractivity contribution in [2.45, 2.75) is 68.9 Å². The van der Waals surface area contributed by atoms with Crippen LogP contribution in [-0.4, -0.2) is 25.0 Å². The molecule has 4 aliphatic rings. The molecule has 0 saturated heterocycles. The number of hydrogen-bond acceptors (Lipinski definition) is 4. The predicted octanol–water partition coefficient (Wildman–Crippen LogP) is 8.37. The molecule has 0 bridgehead atoms. The second kappa shape index (κ2) is 9.41. The van der Waals surface area contributed by atoms with Crippen LogP contribution in [0.2, 0.25) is 0 Å². The topological polar surface area (TPSA) is 43.2 Å². The van der Waals surface area contributed by atoms with Gasteiger partial charge in [0.05, 0.1) is 0 Å². The zero-order valence-corrected chi connectivity index (χ0v) is 25.4. The van der Waals surface area contributed by atoms with Crippen LogP contribution in [0.25, 0.3) is 0 Å². The maximum Gasteiger partial charge on any atom is 0.217 e. The molecule has 8 rings (SSSR count). The zero-order valence-electron chi connectivity index (χ0n) is 25.4. The van der Waals surface area contributed by atoms with E-state index in [2.05, 4.69) is 125 Å². The van der Waals surface area contributed by atoms with Gasteiger partial charge in [-0.3, -0.25) is 0 Å². The Balaban J connectivity index is 1.31. The molecule has 0 unspecified atom stereocenters. The van der Waals surface area contributed by atoms with Gasteiger partial charge in [0.1, 0.15) is 25.3 Å². The molecule has 0 aromatic heterocycles. The Morgan fingerprint density at radius 2 is 0.953 bits per heavy atom. The summed E-state index contributed by atoms with van der Waals surface area (Å²) in [5.74, 6) is 1.54. The summed E-state index contributed by atoms with van der Waals surface area (Å²) in [5, 5.41) is 0. The van der Waals surface area contributed by atoms with Gasteiger partial charge in [-0.25, -0.2) is 9.98 Å². The highest BCUT2D eigenvalue weighted by molar-refractivity contribution is 6.01. The number of aliphatic imine (C=N–C) groups is 2. The first-order valence-corrected chi connectivity index (χ1v) is 15.6. The van der Waals surface area contributed by atoms with Crippen LogP contribution in [0.4, 0.5) is 0 Å². The standard InChI is InChI=1S/C39H38N2O2/c1-37(2)23-39(33-27(17-11-19-29(33)37)35-40-31(21-42-35)25-13-7-5-8-14-25)24-38(3,4)30-20-12-18-28(34(30)39)36-41-32(22-43-36)26-15-9-6-10-16-26/h5-20,31-32H,21-24H2,1-4H3/t31-,32-,39?/m1/s1. The summed E-state index contributed by atoms with van der Waals surface area (Å²) >= 11 is 0. The molecule has 216 valence electrons. The highest BCUT2D eigenvalue weighted by Gasteiger charge is 2.58. The molecule has 4 heteroatoms. The zero-order chi connectivity index (χ0) is 29.4. The van der Waals surface area contributed by atoms with Crippen molar-refractivity contribution in [1.29, 1.82) is 0 Å².